The van der Waals surface area contributed by atoms with Crippen LogP contribution < -0.4 is 4.90 Å². The number of hydrogen-bond donors (Lipinski definition) is 1. The van der Waals surface area contributed by atoms with E-state index in [4.69, 9.17) is 0 Å². The van der Waals surface area contributed by atoms with Crippen LogP contribution >= 0.6 is 0 Å². The number of rotatable bonds is 5. The molecule has 1 aliphatic heterocycles. The van der Waals surface area contributed by atoms with E-state index < -0.39 is 17.9 Å². The molecule has 0 aromatic heterocycles. The second-order valence-corrected chi connectivity index (χ2v) is 5.41. The van der Waals surface area contributed by atoms with Gasteiger partial charge in [0.2, 0.25) is 5.91 Å². The summed E-state index contributed by atoms with van der Waals surface area (Å²) in [5.74, 6) is -2.13. The van der Waals surface area contributed by atoms with Gasteiger partial charge in [-0.1, -0.05) is 25.1 Å². The molecule has 1 aromatic carbocycles. The molecule has 6 heteroatoms. The summed E-state index contributed by atoms with van der Waals surface area (Å²) in [5, 5.41) is 9.37. The summed E-state index contributed by atoms with van der Waals surface area (Å²) in [6, 6.07) is 6.31. The zero-order valence-electron chi connectivity index (χ0n) is 12.6. The summed E-state index contributed by atoms with van der Waals surface area (Å²) in [6.45, 7) is 1.70. The topological polar surface area (TPSA) is 83.9 Å². The zero-order chi connectivity index (χ0) is 16.3. The first-order valence-electron chi connectivity index (χ1n) is 7.16. The minimum atomic E-state index is -1.02. The number of hydrogen-bond acceptors (Lipinski definition) is 4. The third kappa shape index (κ3) is 3.10. The van der Waals surface area contributed by atoms with Crippen LogP contribution in [0.3, 0.4) is 0 Å². The van der Waals surface area contributed by atoms with Gasteiger partial charge in [-0.25, -0.2) is 4.79 Å². The monoisotopic (exact) mass is 305 g/mol. The van der Waals surface area contributed by atoms with Crippen molar-refractivity contribution in [3.63, 3.8) is 0 Å². The number of carbonyl (C=O) groups is 3. The number of para-hydroxylation sites is 1. The number of anilines is 1. The van der Waals surface area contributed by atoms with Crippen molar-refractivity contribution >= 4 is 23.5 Å². The lowest BCUT2D eigenvalue weighted by Gasteiger charge is -2.25. The molecular formula is C16H19NO5. The Balaban J connectivity index is 2.18. The lowest BCUT2D eigenvalue weighted by atomic mass is 10.0. The number of aliphatic carboxylic acids is 1. The fourth-order valence-corrected chi connectivity index (χ4v) is 2.65. The molecular weight excluding hydrogens is 286 g/mol. The number of nitrogens with zero attached hydrogens (tertiary/aromatic N) is 1. The number of ether oxygens (including phenoxy) is 1. The van der Waals surface area contributed by atoms with Crippen molar-refractivity contribution in [3.8, 4) is 0 Å². The second kappa shape index (κ2) is 6.60. The zero-order valence-corrected chi connectivity index (χ0v) is 12.6. The van der Waals surface area contributed by atoms with Crippen molar-refractivity contribution in [1.29, 1.82) is 0 Å². The van der Waals surface area contributed by atoms with Crippen LogP contribution in [0, 0.1) is 5.92 Å². The highest BCUT2D eigenvalue weighted by Crippen LogP contribution is 2.33. The highest BCUT2D eigenvalue weighted by atomic mass is 16.5. The first kappa shape index (κ1) is 16.0. The van der Waals surface area contributed by atoms with Crippen LogP contribution in [-0.2, 0) is 25.5 Å². The molecule has 1 unspecified atom stereocenters. The first-order valence-corrected chi connectivity index (χ1v) is 7.16. The van der Waals surface area contributed by atoms with E-state index in [1.165, 1.54) is 12.0 Å². The molecule has 1 amide bonds. The molecule has 0 fully saturated rings. The van der Waals surface area contributed by atoms with Crippen molar-refractivity contribution in [2.45, 2.75) is 32.2 Å². The van der Waals surface area contributed by atoms with E-state index in [-0.39, 0.29) is 18.3 Å². The third-order valence-electron chi connectivity index (χ3n) is 3.93. The van der Waals surface area contributed by atoms with Crippen LogP contribution in [0.2, 0.25) is 0 Å². The van der Waals surface area contributed by atoms with Crippen molar-refractivity contribution in [1.82, 2.24) is 0 Å². The van der Waals surface area contributed by atoms with Crippen LogP contribution in [0.4, 0.5) is 5.69 Å². The number of fused-ring (bicyclic) bond motifs is 1. The van der Waals surface area contributed by atoms with Crippen molar-refractivity contribution in [2.75, 3.05) is 12.0 Å². The predicted octanol–water partition coefficient (Wildman–Crippen LogP) is 1.62. The van der Waals surface area contributed by atoms with E-state index >= 15 is 0 Å². The molecule has 118 valence electrons. The second-order valence-electron chi connectivity index (χ2n) is 5.41. The number of carbonyl (C=O) groups excluding carboxylic acids is 2. The average molecular weight is 305 g/mol. The van der Waals surface area contributed by atoms with Gasteiger partial charge in [-0.15, -0.1) is 0 Å². The fourth-order valence-electron chi connectivity index (χ4n) is 2.65. The standard InChI is InChI=1S/C16H19NO5/c1-10(7-8-14(18)22-2)15(19)17-12-6-4-3-5-11(12)9-13(17)16(20)21/h3-6,10,13H,7-9H2,1-2H3,(H,20,21)/t10?,13-/m0/s1. The molecule has 0 spiro atoms. The molecule has 0 saturated carbocycles. The van der Waals surface area contributed by atoms with Gasteiger partial charge in [-0.2, -0.15) is 0 Å². The molecule has 0 saturated heterocycles. The van der Waals surface area contributed by atoms with E-state index in [1.807, 2.05) is 12.1 Å². The van der Waals surface area contributed by atoms with Crippen LogP contribution in [-0.4, -0.2) is 36.1 Å². The minimum absolute atomic E-state index is 0.136. The van der Waals surface area contributed by atoms with Gasteiger partial charge in [0.25, 0.3) is 0 Å². The lowest BCUT2D eigenvalue weighted by molar-refractivity contribution is -0.142. The summed E-state index contributed by atoms with van der Waals surface area (Å²) in [5.41, 5.74) is 1.49. The van der Waals surface area contributed by atoms with Gasteiger partial charge in [0, 0.05) is 24.4 Å². The number of esters is 1. The predicted molar refractivity (Wildman–Crippen MR) is 79.5 cm³/mol. The minimum Gasteiger partial charge on any atom is -0.480 e. The normalized spacial score (nSPS) is 17.7. The van der Waals surface area contributed by atoms with Gasteiger partial charge in [0.1, 0.15) is 6.04 Å². The Kier molecular flexibility index (Phi) is 4.80. The highest BCUT2D eigenvalue weighted by molar-refractivity contribution is 6.02. The summed E-state index contributed by atoms with van der Waals surface area (Å²) < 4.78 is 4.56. The Morgan fingerprint density at radius 2 is 2.05 bits per heavy atom. The molecule has 0 aliphatic carbocycles. The maximum atomic E-state index is 12.6. The number of benzene rings is 1. The quantitative estimate of drug-likeness (QED) is 0.836. The van der Waals surface area contributed by atoms with Gasteiger partial charge >= 0.3 is 11.9 Å². The summed E-state index contributed by atoms with van der Waals surface area (Å²) >= 11 is 0. The molecule has 1 aliphatic rings. The number of methoxy groups -OCH3 is 1. The van der Waals surface area contributed by atoms with E-state index in [2.05, 4.69) is 4.74 Å². The van der Waals surface area contributed by atoms with E-state index in [0.29, 0.717) is 18.5 Å². The van der Waals surface area contributed by atoms with Crippen LogP contribution in [0.25, 0.3) is 0 Å². The van der Waals surface area contributed by atoms with Gasteiger partial charge in [-0.05, 0) is 18.1 Å². The maximum Gasteiger partial charge on any atom is 0.327 e. The molecule has 2 atom stereocenters. The van der Waals surface area contributed by atoms with Gasteiger partial charge in [0.05, 0.1) is 7.11 Å². The van der Waals surface area contributed by atoms with E-state index in [0.717, 1.165) is 5.56 Å². The molecule has 0 bridgehead atoms. The van der Waals surface area contributed by atoms with Crippen molar-refractivity contribution < 1.29 is 24.2 Å². The summed E-state index contributed by atoms with van der Waals surface area (Å²) in [7, 11) is 1.30. The fraction of sp³-hybridized carbons (Fsp3) is 0.438. The first-order chi connectivity index (χ1) is 10.5. The van der Waals surface area contributed by atoms with E-state index in [9.17, 15) is 19.5 Å². The number of carboxylic acids is 1. The molecule has 22 heavy (non-hydrogen) atoms. The molecule has 6 nitrogen and oxygen atoms in total. The Bertz CT molecular complexity index is 598. The van der Waals surface area contributed by atoms with Gasteiger partial charge in [0.15, 0.2) is 0 Å². The summed E-state index contributed by atoms with van der Waals surface area (Å²) in [4.78, 5) is 36.6. The van der Waals surface area contributed by atoms with E-state index in [1.54, 1.807) is 19.1 Å². The molecule has 1 N–H and O–H groups in total. The Labute approximate surface area is 128 Å². The molecule has 2 rings (SSSR count). The van der Waals surface area contributed by atoms with Gasteiger partial charge in [-0.3, -0.25) is 14.5 Å². The Morgan fingerprint density at radius 1 is 1.36 bits per heavy atom. The molecule has 1 heterocycles. The Morgan fingerprint density at radius 3 is 2.68 bits per heavy atom. The SMILES string of the molecule is COC(=O)CCC(C)C(=O)N1c2ccccc2C[C@H]1C(=O)O. The van der Waals surface area contributed by atoms with Crippen molar-refractivity contribution in [2.24, 2.45) is 5.92 Å². The van der Waals surface area contributed by atoms with Crippen LogP contribution in [0.1, 0.15) is 25.3 Å². The lowest BCUT2D eigenvalue weighted by Crippen LogP contribution is -2.45. The molecule has 0 radical (unpaired) electrons. The summed E-state index contributed by atoms with van der Waals surface area (Å²) in [6.07, 6.45) is 0.772. The molecule has 1 aromatic rings. The number of carboxylic acid groups (broad SMARTS) is 1. The largest absolute Gasteiger partial charge is 0.480 e. The van der Waals surface area contributed by atoms with Crippen LogP contribution in [0.5, 0.6) is 0 Å². The van der Waals surface area contributed by atoms with Gasteiger partial charge < -0.3 is 9.84 Å². The maximum absolute atomic E-state index is 12.6. The Hall–Kier alpha value is -2.37. The average Bonchev–Trinajstić information content (AvgIpc) is 2.91. The smallest absolute Gasteiger partial charge is 0.327 e. The highest BCUT2D eigenvalue weighted by Gasteiger charge is 2.39. The third-order valence-corrected chi connectivity index (χ3v) is 3.93. The number of amides is 1. The van der Waals surface area contributed by atoms with Crippen LogP contribution in [0.15, 0.2) is 24.3 Å². The van der Waals surface area contributed by atoms with Crippen molar-refractivity contribution in [3.05, 3.63) is 29.8 Å².